The van der Waals surface area contributed by atoms with E-state index >= 15 is 0 Å². The van der Waals surface area contributed by atoms with E-state index in [1.54, 1.807) is 6.20 Å². The van der Waals surface area contributed by atoms with Crippen LogP contribution in [0.3, 0.4) is 0 Å². The van der Waals surface area contributed by atoms with Crippen LogP contribution in [-0.4, -0.2) is 52.2 Å². The number of carbonyl (C=O) groups is 1. The van der Waals surface area contributed by atoms with Gasteiger partial charge in [0, 0.05) is 50.2 Å². The Kier molecular flexibility index (Phi) is 4.97. The number of aromatic nitrogens is 3. The van der Waals surface area contributed by atoms with Gasteiger partial charge in [0.05, 0.1) is 12.3 Å². The van der Waals surface area contributed by atoms with Gasteiger partial charge in [0.25, 0.3) is 0 Å². The third kappa shape index (κ3) is 3.49. The highest BCUT2D eigenvalue weighted by Crippen LogP contribution is 2.31. The van der Waals surface area contributed by atoms with Crippen LogP contribution in [0.25, 0.3) is 11.4 Å². The Morgan fingerprint density at radius 1 is 1.23 bits per heavy atom. The van der Waals surface area contributed by atoms with Crippen molar-refractivity contribution in [1.82, 2.24) is 20.0 Å². The summed E-state index contributed by atoms with van der Waals surface area (Å²) in [4.78, 5) is 22.8. The van der Waals surface area contributed by atoms with Gasteiger partial charge >= 0.3 is 0 Å². The van der Waals surface area contributed by atoms with E-state index in [0.717, 1.165) is 61.9 Å². The van der Waals surface area contributed by atoms with Crippen LogP contribution in [0.15, 0.2) is 22.9 Å². The van der Waals surface area contributed by atoms with Crippen molar-refractivity contribution in [3.63, 3.8) is 0 Å². The Bertz CT molecular complexity index is 762. The number of ether oxygens (including phenoxy) is 1. The molecule has 1 amide bonds. The topological polar surface area (TPSA) is 81.4 Å². The number of likely N-dealkylation sites (tertiary alicyclic amines) is 1. The molecular weight excluding hydrogens is 332 g/mol. The fourth-order valence-corrected chi connectivity index (χ4v) is 3.69. The fraction of sp³-hybridized carbons (Fsp3) is 0.579. The highest BCUT2D eigenvalue weighted by molar-refractivity contribution is 5.75. The standard InChI is InChI=1S/C19H24N4O3/c1-2-18(24)23-8-4-13(5-9-23)17-11-16(22-26-17)15-3-7-20-19(21-15)14-6-10-25-12-14/h3,7,11,13-14H,2,4-6,8-10,12H2,1H3. The Morgan fingerprint density at radius 2 is 2.08 bits per heavy atom. The number of hydrogen-bond acceptors (Lipinski definition) is 6. The van der Waals surface area contributed by atoms with E-state index in [9.17, 15) is 4.79 Å². The molecule has 2 aliphatic rings. The number of hydrogen-bond donors (Lipinski definition) is 0. The molecule has 0 spiro atoms. The summed E-state index contributed by atoms with van der Waals surface area (Å²) in [6, 6.07) is 3.85. The van der Waals surface area contributed by atoms with Gasteiger partial charge < -0.3 is 14.2 Å². The second-order valence-electron chi connectivity index (χ2n) is 6.98. The monoisotopic (exact) mass is 356 g/mol. The van der Waals surface area contributed by atoms with Crippen molar-refractivity contribution in [3.05, 3.63) is 29.9 Å². The zero-order valence-corrected chi connectivity index (χ0v) is 15.1. The molecule has 26 heavy (non-hydrogen) atoms. The van der Waals surface area contributed by atoms with Crippen molar-refractivity contribution < 1.29 is 14.1 Å². The normalized spacial score (nSPS) is 21.3. The van der Waals surface area contributed by atoms with Crippen LogP contribution in [-0.2, 0) is 9.53 Å². The summed E-state index contributed by atoms with van der Waals surface area (Å²) in [6.07, 6.45) is 5.13. The predicted octanol–water partition coefficient (Wildman–Crippen LogP) is 2.75. The van der Waals surface area contributed by atoms with Crippen molar-refractivity contribution in [2.75, 3.05) is 26.3 Å². The van der Waals surface area contributed by atoms with Crippen molar-refractivity contribution >= 4 is 5.91 Å². The van der Waals surface area contributed by atoms with Gasteiger partial charge in [0.1, 0.15) is 17.3 Å². The molecule has 2 aromatic rings. The summed E-state index contributed by atoms with van der Waals surface area (Å²) in [7, 11) is 0. The van der Waals surface area contributed by atoms with Gasteiger partial charge in [-0.3, -0.25) is 4.79 Å². The van der Waals surface area contributed by atoms with Crippen molar-refractivity contribution in [3.8, 4) is 11.4 Å². The predicted molar refractivity (Wildman–Crippen MR) is 94.6 cm³/mol. The lowest BCUT2D eigenvalue weighted by molar-refractivity contribution is -0.131. The van der Waals surface area contributed by atoms with Crippen molar-refractivity contribution in [1.29, 1.82) is 0 Å². The average molecular weight is 356 g/mol. The largest absolute Gasteiger partial charge is 0.381 e. The summed E-state index contributed by atoms with van der Waals surface area (Å²) >= 11 is 0. The quantitative estimate of drug-likeness (QED) is 0.838. The van der Waals surface area contributed by atoms with Gasteiger partial charge in [-0.05, 0) is 25.3 Å². The van der Waals surface area contributed by atoms with Crippen LogP contribution >= 0.6 is 0 Å². The minimum atomic E-state index is 0.228. The molecule has 4 rings (SSSR count). The Hall–Kier alpha value is -2.28. The molecule has 0 radical (unpaired) electrons. The van der Waals surface area contributed by atoms with Gasteiger partial charge in [-0.1, -0.05) is 12.1 Å². The average Bonchev–Trinajstić information content (AvgIpc) is 3.40. The Labute approximate surface area is 152 Å². The van der Waals surface area contributed by atoms with Crippen molar-refractivity contribution in [2.24, 2.45) is 0 Å². The first-order valence-corrected chi connectivity index (χ1v) is 9.40. The molecule has 4 heterocycles. The molecule has 7 nitrogen and oxygen atoms in total. The highest BCUT2D eigenvalue weighted by Gasteiger charge is 2.26. The van der Waals surface area contributed by atoms with E-state index in [0.29, 0.717) is 18.9 Å². The van der Waals surface area contributed by atoms with Gasteiger partial charge in [0.2, 0.25) is 5.91 Å². The SMILES string of the molecule is CCC(=O)N1CCC(c2cc(-c3ccnc(C4CCOC4)n3)no2)CC1. The van der Waals surface area contributed by atoms with Gasteiger partial charge in [0.15, 0.2) is 0 Å². The minimum absolute atomic E-state index is 0.228. The third-order valence-electron chi connectivity index (χ3n) is 5.31. The lowest BCUT2D eigenvalue weighted by atomic mass is 9.94. The second kappa shape index (κ2) is 7.53. The van der Waals surface area contributed by atoms with Gasteiger partial charge in [-0.15, -0.1) is 0 Å². The first kappa shape index (κ1) is 17.1. The molecule has 2 aliphatic heterocycles. The van der Waals surface area contributed by atoms with Crippen LogP contribution in [0.4, 0.5) is 0 Å². The molecule has 2 fully saturated rings. The third-order valence-corrected chi connectivity index (χ3v) is 5.31. The zero-order chi connectivity index (χ0) is 17.9. The molecule has 1 atom stereocenters. The minimum Gasteiger partial charge on any atom is -0.381 e. The number of piperidine rings is 1. The van der Waals surface area contributed by atoms with Gasteiger partial charge in [-0.2, -0.15) is 0 Å². The molecule has 0 aromatic carbocycles. The van der Waals surface area contributed by atoms with Crippen LogP contribution < -0.4 is 0 Å². The number of nitrogens with zero attached hydrogens (tertiary/aromatic N) is 4. The summed E-state index contributed by atoms with van der Waals surface area (Å²) in [5.41, 5.74) is 1.53. The molecule has 0 saturated carbocycles. The fourth-order valence-electron chi connectivity index (χ4n) is 3.69. The zero-order valence-electron chi connectivity index (χ0n) is 15.1. The maximum absolute atomic E-state index is 11.8. The summed E-state index contributed by atoms with van der Waals surface area (Å²) in [6.45, 7) is 4.93. The van der Waals surface area contributed by atoms with Gasteiger partial charge in [-0.25, -0.2) is 9.97 Å². The molecule has 0 aliphatic carbocycles. The van der Waals surface area contributed by atoms with Crippen molar-refractivity contribution in [2.45, 2.75) is 44.4 Å². The molecule has 0 bridgehead atoms. The molecular formula is C19H24N4O3. The summed E-state index contributed by atoms with van der Waals surface area (Å²) < 4.78 is 11.0. The van der Waals surface area contributed by atoms with Crippen LogP contribution in [0.1, 0.15) is 56.0 Å². The second-order valence-corrected chi connectivity index (χ2v) is 6.98. The number of rotatable bonds is 4. The highest BCUT2D eigenvalue weighted by atomic mass is 16.5. The molecule has 2 saturated heterocycles. The van der Waals surface area contributed by atoms with E-state index < -0.39 is 0 Å². The Balaban J connectivity index is 1.45. The first-order valence-electron chi connectivity index (χ1n) is 9.40. The molecule has 7 heteroatoms. The number of carbonyl (C=O) groups excluding carboxylic acids is 1. The van der Waals surface area contributed by atoms with E-state index in [2.05, 4.69) is 15.1 Å². The van der Waals surface area contributed by atoms with E-state index in [1.807, 2.05) is 24.0 Å². The maximum atomic E-state index is 11.8. The van der Waals surface area contributed by atoms with E-state index in [1.165, 1.54) is 0 Å². The Morgan fingerprint density at radius 3 is 2.81 bits per heavy atom. The summed E-state index contributed by atoms with van der Waals surface area (Å²) in [5, 5.41) is 4.22. The maximum Gasteiger partial charge on any atom is 0.222 e. The smallest absolute Gasteiger partial charge is 0.222 e. The summed E-state index contributed by atoms with van der Waals surface area (Å²) in [5.74, 6) is 2.50. The lowest BCUT2D eigenvalue weighted by Crippen LogP contribution is -2.37. The van der Waals surface area contributed by atoms with Crippen LogP contribution in [0.5, 0.6) is 0 Å². The lowest BCUT2D eigenvalue weighted by Gasteiger charge is -2.30. The first-order chi connectivity index (χ1) is 12.7. The molecule has 1 unspecified atom stereocenters. The molecule has 0 N–H and O–H groups in total. The van der Waals surface area contributed by atoms with Crippen LogP contribution in [0.2, 0.25) is 0 Å². The van der Waals surface area contributed by atoms with E-state index in [4.69, 9.17) is 9.26 Å². The van der Waals surface area contributed by atoms with E-state index in [-0.39, 0.29) is 11.8 Å². The molecule has 2 aromatic heterocycles. The molecule has 138 valence electrons. The van der Waals surface area contributed by atoms with Crippen LogP contribution in [0, 0.1) is 0 Å². The number of amides is 1.